The number of hydrogen-bond donors (Lipinski definition) is 0. The number of para-hydroxylation sites is 2. The van der Waals surface area contributed by atoms with E-state index in [1.165, 1.54) is 6.07 Å². The number of halogens is 1. The van der Waals surface area contributed by atoms with E-state index in [0.717, 1.165) is 21.8 Å². The van der Waals surface area contributed by atoms with Crippen LogP contribution in [0.1, 0.15) is 5.56 Å². The highest BCUT2D eigenvalue weighted by Gasteiger charge is 2.18. The second kappa shape index (κ2) is 5.22. The number of nitrogens with zero attached hydrogens (tertiary/aromatic N) is 3. The van der Waals surface area contributed by atoms with Crippen molar-refractivity contribution in [3.05, 3.63) is 83.5 Å². The van der Waals surface area contributed by atoms with Gasteiger partial charge in [0.25, 0.3) is 0 Å². The van der Waals surface area contributed by atoms with Crippen LogP contribution >= 0.6 is 0 Å². The smallest absolute Gasteiger partial charge is 0.246 e. The largest absolute Gasteiger partial charge is 0.319 e. The predicted octanol–water partition coefficient (Wildman–Crippen LogP) is 5.35. The van der Waals surface area contributed by atoms with Gasteiger partial charge in [0.1, 0.15) is 11.9 Å². The van der Waals surface area contributed by atoms with Crippen molar-refractivity contribution in [2.24, 2.45) is 0 Å². The highest BCUT2D eigenvalue weighted by molar-refractivity contribution is 6.09. The molecule has 4 aromatic rings. The second-order valence-corrected chi connectivity index (χ2v) is 5.39. The van der Waals surface area contributed by atoms with E-state index < -0.39 is 5.82 Å². The average molecular weight is 311 g/mol. The van der Waals surface area contributed by atoms with Gasteiger partial charge in [-0.1, -0.05) is 36.4 Å². The summed E-state index contributed by atoms with van der Waals surface area (Å²) in [5.74, 6) is -0.771. The first kappa shape index (κ1) is 14.0. The van der Waals surface area contributed by atoms with Crippen molar-refractivity contribution in [1.29, 1.82) is 5.26 Å². The monoisotopic (exact) mass is 311 g/mol. The van der Waals surface area contributed by atoms with Gasteiger partial charge in [0.2, 0.25) is 5.69 Å². The Bertz CT molecular complexity index is 1140. The van der Waals surface area contributed by atoms with Crippen molar-refractivity contribution < 1.29 is 4.39 Å². The van der Waals surface area contributed by atoms with Crippen LogP contribution in [0.2, 0.25) is 0 Å². The van der Waals surface area contributed by atoms with E-state index >= 15 is 0 Å². The molecule has 0 aliphatic heterocycles. The highest BCUT2D eigenvalue weighted by atomic mass is 19.1. The van der Waals surface area contributed by atoms with Crippen molar-refractivity contribution in [3.8, 4) is 11.8 Å². The first-order chi connectivity index (χ1) is 11.8. The molecule has 0 unspecified atom stereocenters. The van der Waals surface area contributed by atoms with Crippen LogP contribution in [-0.4, -0.2) is 4.57 Å². The molecule has 0 bridgehead atoms. The molecule has 0 saturated carbocycles. The fraction of sp³-hybridized carbons (Fsp3) is 0. The van der Waals surface area contributed by atoms with E-state index in [1.807, 2.05) is 53.1 Å². The molecular formula is C20H10FN3. The van der Waals surface area contributed by atoms with Gasteiger partial charge in [-0.15, -0.1) is 0 Å². The van der Waals surface area contributed by atoms with Crippen LogP contribution in [0.3, 0.4) is 0 Å². The summed E-state index contributed by atoms with van der Waals surface area (Å²) in [7, 11) is 0. The maximum atomic E-state index is 14.5. The molecular weight excluding hydrogens is 301 g/mol. The maximum Gasteiger partial charge on any atom is 0.246 e. The minimum atomic E-state index is -0.771. The van der Waals surface area contributed by atoms with Gasteiger partial charge in [-0.3, -0.25) is 0 Å². The Hall–Kier alpha value is -3.63. The third-order valence-corrected chi connectivity index (χ3v) is 4.15. The fourth-order valence-corrected chi connectivity index (χ4v) is 3.11. The minimum absolute atomic E-state index is 0.120. The standard InChI is InChI=1S/C20H10FN3/c1-23-20-18(11-10-13(12-22)19(20)21)24-16-8-4-2-6-14(16)15-7-3-5-9-17(15)24/h2-11H. The van der Waals surface area contributed by atoms with Gasteiger partial charge < -0.3 is 4.57 Å². The average Bonchev–Trinajstić information content (AvgIpc) is 2.96. The molecule has 0 N–H and O–H groups in total. The van der Waals surface area contributed by atoms with E-state index in [4.69, 9.17) is 11.8 Å². The molecule has 3 aromatic carbocycles. The zero-order valence-corrected chi connectivity index (χ0v) is 12.5. The fourth-order valence-electron chi connectivity index (χ4n) is 3.11. The van der Waals surface area contributed by atoms with Crippen LogP contribution in [0.15, 0.2) is 60.7 Å². The van der Waals surface area contributed by atoms with Crippen LogP contribution in [0.25, 0.3) is 32.3 Å². The first-order valence-corrected chi connectivity index (χ1v) is 7.35. The van der Waals surface area contributed by atoms with Gasteiger partial charge in [-0.05, 0) is 24.3 Å². The van der Waals surface area contributed by atoms with E-state index in [-0.39, 0.29) is 11.3 Å². The van der Waals surface area contributed by atoms with Crippen molar-refractivity contribution in [3.63, 3.8) is 0 Å². The van der Waals surface area contributed by atoms with Crippen LogP contribution < -0.4 is 0 Å². The number of fused-ring (bicyclic) bond motifs is 3. The van der Waals surface area contributed by atoms with Crippen molar-refractivity contribution in [2.45, 2.75) is 0 Å². The maximum absolute atomic E-state index is 14.5. The molecule has 0 atom stereocenters. The Morgan fingerprint density at radius 1 is 0.917 bits per heavy atom. The molecule has 0 spiro atoms. The summed E-state index contributed by atoms with van der Waals surface area (Å²) in [6.07, 6.45) is 0. The van der Waals surface area contributed by atoms with Gasteiger partial charge in [0, 0.05) is 10.8 Å². The zero-order valence-electron chi connectivity index (χ0n) is 12.5. The molecule has 24 heavy (non-hydrogen) atoms. The highest BCUT2D eigenvalue weighted by Crippen LogP contribution is 2.37. The summed E-state index contributed by atoms with van der Waals surface area (Å²) in [5, 5.41) is 11.1. The Morgan fingerprint density at radius 3 is 2.04 bits per heavy atom. The normalized spacial score (nSPS) is 10.6. The lowest BCUT2D eigenvalue weighted by molar-refractivity contribution is 0.629. The molecule has 4 rings (SSSR count). The summed E-state index contributed by atoms with van der Waals surface area (Å²) in [6, 6.07) is 20.5. The SMILES string of the molecule is [C-]#[N+]c1c(-n2c3ccccc3c3ccccc32)ccc(C#N)c1F. The second-order valence-electron chi connectivity index (χ2n) is 5.39. The first-order valence-electron chi connectivity index (χ1n) is 7.35. The Labute approximate surface area is 137 Å². The molecule has 0 amide bonds. The zero-order chi connectivity index (χ0) is 16.7. The van der Waals surface area contributed by atoms with Gasteiger partial charge in [0.15, 0.2) is 0 Å². The van der Waals surface area contributed by atoms with Crippen LogP contribution in [0.4, 0.5) is 10.1 Å². The molecule has 0 radical (unpaired) electrons. The Kier molecular flexibility index (Phi) is 3.05. The number of nitriles is 1. The number of hydrogen-bond acceptors (Lipinski definition) is 1. The third-order valence-electron chi connectivity index (χ3n) is 4.15. The topological polar surface area (TPSA) is 33.1 Å². The molecule has 3 nitrogen and oxygen atoms in total. The Morgan fingerprint density at radius 2 is 1.50 bits per heavy atom. The van der Waals surface area contributed by atoms with E-state index in [1.54, 1.807) is 12.1 Å². The van der Waals surface area contributed by atoms with Gasteiger partial charge in [-0.2, -0.15) is 5.26 Å². The summed E-state index contributed by atoms with van der Waals surface area (Å²) >= 11 is 0. The molecule has 4 heteroatoms. The Balaban J connectivity index is 2.21. The number of aromatic nitrogens is 1. The van der Waals surface area contributed by atoms with Crippen molar-refractivity contribution in [2.75, 3.05) is 0 Å². The van der Waals surface area contributed by atoms with Crippen molar-refractivity contribution >= 4 is 27.5 Å². The van der Waals surface area contributed by atoms with Gasteiger partial charge >= 0.3 is 0 Å². The molecule has 0 aliphatic rings. The van der Waals surface area contributed by atoms with Gasteiger partial charge in [0.05, 0.1) is 28.9 Å². The summed E-state index contributed by atoms with van der Waals surface area (Å²) in [4.78, 5) is 3.35. The lowest BCUT2D eigenvalue weighted by Crippen LogP contribution is -1.97. The van der Waals surface area contributed by atoms with Gasteiger partial charge in [-0.25, -0.2) is 9.24 Å². The van der Waals surface area contributed by atoms with E-state index in [0.29, 0.717) is 5.69 Å². The van der Waals surface area contributed by atoms with Crippen LogP contribution in [-0.2, 0) is 0 Å². The van der Waals surface area contributed by atoms with E-state index in [2.05, 4.69) is 4.85 Å². The minimum Gasteiger partial charge on any atom is -0.319 e. The third kappa shape index (κ3) is 1.81. The summed E-state index contributed by atoms with van der Waals surface area (Å²) in [5.41, 5.74) is 1.98. The molecule has 1 heterocycles. The van der Waals surface area contributed by atoms with E-state index in [9.17, 15) is 4.39 Å². The van der Waals surface area contributed by atoms with Crippen LogP contribution in [0.5, 0.6) is 0 Å². The summed E-state index contributed by atoms with van der Waals surface area (Å²) < 4.78 is 16.4. The molecule has 0 saturated heterocycles. The lowest BCUT2D eigenvalue weighted by atomic mass is 10.1. The van der Waals surface area contributed by atoms with Crippen LogP contribution in [0, 0.1) is 23.7 Å². The number of benzene rings is 3. The lowest BCUT2D eigenvalue weighted by Gasteiger charge is -2.11. The summed E-state index contributed by atoms with van der Waals surface area (Å²) in [6.45, 7) is 7.38. The molecule has 112 valence electrons. The quantitative estimate of drug-likeness (QED) is 0.436. The van der Waals surface area contributed by atoms with Crippen molar-refractivity contribution in [1.82, 2.24) is 4.57 Å². The number of rotatable bonds is 1. The molecule has 1 aromatic heterocycles. The molecule has 0 aliphatic carbocycles. The predicted molar refractivity (Wildman–Crippen MR) is 91.7 cm³/mol. The molecule has 0 fully saturated rings.